The fraction of sp³-hybridized carbons (Fsp3) is 0.333. The molecule has 36 heavy (non-hydrogen) atoms. The first-order valence-corrected chi connectivity index (χ1v) is 11.5. The van der Waals surface area contributed by atoms with Gasteiger partial charge in [0.1, 0.15) is 22.7 Å². The number of fused-ring (bicyclic) bond motifs is 5. The Balaban J connectivity index is 1.96. The van der Waals surface area contributed by atoms with E-state index >= 15 is 0 Å². The van der Waals surface area contributed by atoms with Crippen LogP contribution < -0.4 is 14.9 Å². The predicted molar refractivity (Wildman–Crippen MR) is 133 cm³/mol. The summed E-state index contributed by atoms with van der Waals surface area (Å²) >= 11 is 0. The van der Waals surface area contributed by atoms with Crippen molar-refractivity contribution < 1.29 is 28.5 Å². The van der Waals surface area contributed by atoms with E-state index in [4.69, 9.17) is 23.9 Å². The first-order valence-electron chi connectivity index (χ1n) is 11.5. The quantitative estimate of drug-likeness (QED) is 0.314. The summed E-state index contributed by atoms with van der Waals surface area (Å²) in [5, 5.41) is 1.53. The van der Waals surface area contributed by atoms with E-state index in [9.17, 15) is 14.4 Å². The molecule has 0 radical (unpaired) electrons. The summed E-state index contributed by atoms with van der Waals surface area (Å²) in [4.78, 5) is 42.9. The maximum Gasteiger partial charge on any atom is 0.303 e. The molecule has 0 fully saturated rings. The first-order chi connectivity index (χ1) is 17.0. The summed E-state index contributed by atoms with van der Waals surface area (Å²) in [7, 11) is 3.25. The Morgan fingerprint density at radius 1 is 1.08 bits per heavy atom. The topological polar surface area (TPSA) is 106 Å². The van der Waals surface area contributed by atoms with Gasteiger partial charge in [0.2, 0.25) is 5.43 Å². The number of nitrogens with zero attached hydrogens (tertiary/aromatic N) is 2. The minimum absolute atomic E-state index is 0.283. The summed E-state index contributed by atoms with van der Waals surface area (Å²) in [5.41, 5.74) is 0.652. The molecule has 0 unspecified atom stereocenters. The molecule has 1 aliphatic rings. The number of carbonyl (C=O) groups excluding carboxylic acids is 2. The van der Waals surface area contributed by atoms with Crippen molar-refractivity contribution in [2.45, 2.75) is 45.5 Å². The van der Waals surface area contributed by atoms with Crippen LogP contribution in [0.15, 0.2) is 41.2 Å². The number of hydrogen-bond donors (Lipinski definition) is 0. The Labute approximate surface area is 206 Å². The maximum atomic E-state index is 13.9. The smallest absolute Gasteiger partial charge is 0.303 e. The van der Waals surface area contributed by atoms with Gasteiger partial charge in [0, 0.05) is 32.3 Å². The molecule has 0 spiro atoms. The molecular formula is C27H26N2O7. The highest BCUT2D eigenvalue weighted by molar-refractivity contribution is 6.01. The Bertz CT molecular complexity index is 1640. The van der Waals surface area contributed by atoms with E-state index in [0.29, 0.717) is 33.6 Å². The van der Waals surface area contributed by atoms with Crippen LogP contribution in [0, 0.1) is 0 Å². The average molecular weight is 491 g/mol. The number of para-hydroxylation sites is 1. The zero-order valence-electron chi connectivity index (χ0n) is 20.9. The summed E-state index contributed by atoms with van der Waals surface area (Å²) < 4.78 is 25.1. The van der Waals surface area contributed by atoms with E-state index in [2.05, 4.69) is 0 Å². The van der Waals surface area contributed by atoms with Gasteiger partial charge in [-0.05, 0) is 26.0 Å². The zero-order chi connectivity index (χ0) is 25.9. The lowest BCUT2D eigenvalue weighted by Crippen LogP contribution is -2.52. The minimum Gasteiger partial charge on any atom is -0.496 e. The SMILES string of the molecule is COc1cc2c(c3c1c(=O)c1cc4ccccc4nc1n3C)[C@@H](OC(C)=O)[C@@H](OC(C)=O)C(C)(C)O2. The van der Waals surface area contributed by atoms with Gasteiger partial charge in [-0.2, -0.15) is 0 Å². The van der Waals surface area contributed by atoms with E-state index in [1.54, 1.807) is 31.5 Å². The Kier molecular flexibility index (Phi) is 5.39. The highest BCUT2D eigenvalue weighted by Crippen LogP contribution is 2.48. The number of aromatic nitrogens is 2. The second-order valence-electron chi connectivity index (χ2n) is 9.42. The number of esters is 2. The Morgan fingerprint density at radius 2 is 1.78 bits per heavy atom. The van der Waals surface area contributed by atoms with Gasteiger partial charge in [-0.3, -0.25) is 14.4 Å². The summed E-state index contributed by atoms with van der Waals surface area (Å²) in [5.74, 6) is -0.459. The van der Waals surface area contributed by atoms with Crippen LogP contribution in [0.4, 0.5) is 0 Å². The highest BCUT2D eigenvalue weighted by atomic mass is 16.6. The molecule has 0 amide bonds. The summed E-state index contributed by atoms with van der Waals surface area (Å²) in [6.07, 6.45) is -2.01. The van der Waals surface area contributed by atoms with Gasteiger partial charge in [-0.25, -0.2) is 4.98 Å². The van der Waals surface area contributed by atoms with Crippen molar-refractivity contribution in [1.29, 1.82) is 0 Å². The number of ether oxygens (including phenoxy) is 4. The lowest BCUT2D eigenvalue weighted by molar-refractivity contribution is -0.187. The third-order valence-electron chi connectivity index (χ3n) is 6.52. The average Bonchev–Trinajstić information content (AvgIpc) is 2.82. The van der Waals surface area contributed by atoms with Crippen LogP contribution in [-0.2, 0) is 26.1 Å². The van der Waals surface area contributed by atoms with Crippen LogP contribution in [0.25, 0.3) is 32.8 Å². The van der Waals surface area contributed by atoms with Gasteiger partial charge in [-0.1, -0.05) is 18.2 Å². The third kappa shape index (κ3) is 3.54. The molecule has 0 saturated heterocycles. The fourth-order valence-corrected chi connectivity index (χ4v) is 5.03. The van der Waals surface area contributed by atoms with Crippen molar-refractivity contribution in [3.8, 4) is 11.5 Å². The molecule has 9 heteroatoms. The number of hydrogen-bond acceptors (Lipinski definition) is 8. The molecule has 0 N–H and O–H groups in total. The molecule has 186 valence electrons. The number of rotatable bonds is 3. The lowest BCUT2D eigenvalue weighted by Gasteiger charge is -2.43. The van der Waals surface area contributed by atoms with E-state index in [-0.39, 0.29) is 10.8 Å². The zero-order valence-corrected chi connectivity index (χ0v) is 20.9. The molecule has 9 nitrogen and oxygen atoms in total. The molecule has 2 aromatic carbocycles. The summed E-state index contributed by atoms with van der Waals surface area (Å²) in [6.45, 7) is 6.04. The molecule has 2 aromatic heterocycles. The number of pyridine rings is 2. The lowest BCUT2D eigenvalue weighted by atomic mass is 9.86. The third-order valence-corrected chi connectivity index (χ3v) is 6.52. The van der Waals surface area contributed by atoms with Crippen LogP contribution >= 0.6 is 0 Å². The van der Waals surface area contributed by atoms with Crippen LogP contribution in [-0.4, -0.2) is 40.3 Å². The highest BCUT2D eigenvalue weighted by Gasteiger charge is 2.50. The van der Waals surface area contributed by atoms with Gasteiger partial charge in [0.05, 0.1) is 34.5 Å². The van der Waals surface area contributed by atoms with Crippen molar-refractivity contribution in [2.24, 2.45) is 7.05 Å². The van der Waals surface area contributed by atoms with Crippen molar-refractivity contribution in [3.05, 3.63) is 52.2 Å². The van der Waals surface area contributed by atoms with Crippen molar-refractivity contribution in [3.63, 3.8) is 0 Å². The molecule has 0 bridgehead atoms. The van der Waals surface area contributed by atoms with E-state index in [1.807, 2.05) is 30.3 Å². The van der Waals surface area contributed by atoms with Gasteiger partial charge in [-0.15, -0.1) is 0 Å². The maximum absolute atomic E-state index is 13.9. The number of methoxy groups -OCH3 is 1. The molecule has 2 atom stereocenters. The summed E-state index contributed by atoms with van der Waals surface area (Å²) in [6, 6.07) is 10.9. The number of carbonyl (C=O) groups is 2. The normalized spacial score (nSPS) is 18.5. The number of benzene rings is 2. The minimum atomic E-state index is -1.05. The van der Waals surface area contributed by atoms with Gasteiger partial charge < -0.3 is 23.5 Å². The van der Waals surface area contributed by atoms with Crippen molar-refractivity contribution >= 4 is 44.8 Å². The van der Waals surface area contributed by atoms with Crippen molar-refractivity contribution in [1.82, 2.24) is 9.55 Å². The molecular weight excluding hydrogens is 464 g/mol. The van der Waals surface area contributed by atoms with E-state index < -0.39 is 29.7 Å². The predicted octanol–water partition coefficient (Wildman–Crippen LogP) is 3.96. The van der Waals surface area contributed by atoms with Crippen LogP contribution in [0.5, 0.6) is 11.5 Å². The molecule has 1 aliphatic heterocycles. The van der Waals surface area contributed by atoms with Crippen LogP contribution in [0.2, 0.25) is 0 Å². The molecule has 5 rings (SSSR count). The van der Waals surface area contributed by atoms with E-state index in [0.717, 1.165) is 10.9 Å². The van der Waals surface area contributed by atoms with E-state index in [1.165, 1.54) is 21.0 Å². The Morgan fingerprint density at radius 3 is 2.44 bits per heavy atom. The Hall–Kier alpha value is -4.14. The molecule has 3 heterocycles. The van der Waals surface area contributed by atoms with Gasteiger partial charge in [0.25, 0.3) is 0 Å². The second-order valence-corrected chi connectivity index (χ2v) is 9.42. The molecule has 4 aromatic rings. The fourth-order valence-electron chi connectivity index (χ4n) is 5.03. The van der Waals surface area contributed by atoms with Gasteiger partial charge in [0.15, 0.2) is 12.2 Å². The largest absolute Gasteiger partial charge is 0.496 e. The van der Waals surface area contributed by atoms with Crippen LogP contribution in [0.3, 0.4) is 0 Å². The van der Waals surface area contributed by atoms with Gasteiger partial charge >= 0.3 is 11.9 Å². The van der Waals surface area contributed by atoms with Crippen LogP contribution in [0.1, 0.15) is 39.4 Å². The first kappa shape index (κ1) is 23.6. The van der Waals surface area contributed by atoms with Crippen molar-refractivity contribution in [2.75, 3.05) is 7.11 Å². The second kappa shape index (κ2) is 8.22. The number of aryl methyl sites for hydroxylation is 1. The molecule has 0 saturated carbocycles. The monoisotopic (exact) mass is 490 g/mol. The standard InChI is InChI=1S/C27H26N2O7/c1-13(30)34-24-21-19(36-27(3,4)25(24)35-14(2)31)12-18(33-6)20-22(21)29(5)26-16(23(20)32)11-15-9-7-8-10-17(15)28-26/h7-12,24-25H,1-6H3/t24-,25-/m1/s1. The molecule has 0 aliphatic carbocycles.